The van der Waals surface area contributed by atoms with Gasteiger partial charge >= 0.3 is 0 Å². The minimum Gasteiger partial charge on any atom is -0.467 e. The molecule has 4 rings (SSSR count). The van der Waals surface area contributed by atoms with Gasteiger partial charge in [0.15, 0.2) is 5.69 Å². The summed E-state index contributed by atoms with van der Waals surface area (Å²) in [5.41, 5.74) is 1.86. The first-order valence-corrected chi connectivity index (χ1v) is 9.91. The quantitative estimate of drug-likeness (QED) is 0.699. The van der Waals surface area contributed by atoms with Gasteiger partial charge in [-0.15, -0.1) is 16.4 Å². The number of carbonyl (C=O) groups is 2. The summed E-state index contributed by atoms with van der Waals surface area (Å²) in [6, 6.07) is 3.59. The highest BCUT2D eigenvalue weighted by Crippen LogP contribution is 2.38. The second-order valence-electron chi connectivity index (χ2n) is 5.92. The van der Waals surface area contributed by atoms with Crippen LogP contribution in [0.3, 0.4) is 0 Å². The number of rotatable bonds is 5. The monoisotopic (exact) mass is 388 g/mol. The number of fused-ring (bicyclic) bond motifs is 1. The number of nitrogens with zero attached hydrogens (tertiary/aromatic N) is 2. The van der Waals surface area contributed by atoms with E-state index in [1.165, 1.54) is 16.2 Å². The molecule has 3 aromatic heterocycles. The maximum Gasteiger partial charge on any atom is 0.277 e. The molecule has 26 heavy (non-hydrogen) atoms. The zero-order valence-electron chi connectivity index (χ0n) is 13.8. The molecule has 0 radical (unpaired) electrons. The van der Waals surface area contributed by atoms with Crippen LogP contribution in [0.25, 0.3) is 0 Å². The molecule has 1 aliphatic rings. The van der Waals surface area contributed by atoms with Crippen LogP contribution in [0, 0.1) is 0 Å². The first kappa shape index (κ1) is 16.9. The Balaban J connectivity index is 1.59. The molecule has 0 fully saturated rings. The Kier molecular flexibility index (Phi) is 4.81. The van der Waals surface area contributed by atoms with Gasteiger partial charge < -0.3 is 15.1 Å². The van der Waals surface area contributed by atoms with Crippen molar-refractivity contribution in [2.24, 2.45) is 0 Å². The van der Waals surface area contributed by atoms with E-state index in [-0.39, 0.29) is 17.5 Å². The maximum atomic E-state index is 12.8. The molecule has 1 aliphatic carbocycles. The second-order valence-corrected chi connectivity index (χ2v) is 7.64. The van der Waals surface area contributed by atoms with Crippen LogP contribution in [-0.4, -0.2) is 21.4 Å². The molecule has 134 valence electrons. The fourth-order valence-corrected chi connectivity index (χ4v) is 4.71. The average Bonchev–Trinajstić information content (AvgIpc) is 3.39. The van der Waals surface area contributed by atoms with Crippen LogP contribution in [-0.2, 0) is 19.4 Å². The van der Waals surface area contributed by atoms with Gasteiger partial charge in [0, 0.05) is 10.3 Å². The SMILES string of the molecule is O=C(Nc1sc2c(c1C(=O)NCc1ccco1)CCCC2)c1csnn1. The van der Waals surface area contributed by atoms with Gasteiger partial charge in [-0.3, -0.25) is 9.59 Å². The number of aryl methyl sites for hydroxylation is 1. The molecular formula is C17H16N4O3S2. The number of amides is 2. The second kappa shape index (κ2) is 7.38. The zero-order valence-corrected chi connectivity index (χ0v) is 15.4. The van der Waals surface area contributed by atoms with Crippen molar-refractivity contribution in [2.75, 3.05) is 5.32 Å². The highest BCUT2D eigenvalue weighted by atomic mass is 32.1. The molecule has 9 heteroatoms. The third-order valence-corrected chi connectivity index (χ3v) is 5.93. The Labute approximate surface area is 157 Å². The summed E-state index contributed by atoms with van der Waals surface area (Å²) in [7, 11) is 0. The molecule has 7 nitrogen and oxygen atoms in total. The van der Waals surface area contributed by atoms with Crippen LogP contribution in [0.2, 0.25) is 0 Å². The third-order valence-electron chi connectivity index (χ3n) is 4.22. The Morgan fingerprint density at radius 3 is 2.88 bits per heavy atom. The molecule has 0 bridgehead atoms. The van der Waals surface area contributed by atoms with Gasteiger partial charge in [-0.1, -0.05) is 4.49 Å². The molecule has 3 heterocycles. The van der Waals surface area contributed by atoms with E-state index in [0.717, 1.165) is 42.8 Å². The van der Waals surface area contributed by atoms with Crippen LogP contribution < -0.4 is 10.6 Å². The molecule has 0 spiro atoms. The van der Waals surface area contributed by atoms with Gasteiger partial charge in [-0.25, -0.2) is 0 Å². The number of hydrogen-bond acceptors (Lipinski definition) is 7. The lowest BCUT2D eigenvalue weighted by atomic mass is 9.95. The highest BCUT2D eigenvalue weighted by molar-refractivity contribution is 7.17. The van der Waals surface area contributed by atoms with Gasteiger partial charge in [-0.05, 0) is 54.9 Å². The topological polar surface area (TPSA) is 97.1 Å². The summed E-state index contributed by atoms with van der Waals surface area (Å²) in [4.78, 5) is 26.4. The number of hydrogen-bond donors (Lipinski definition) is 2. The van der Waals surface area contributed by atoms with Crippen LogP contribution in [0.5, 0.6) is 0 Å². The van der Waals surface area contributed by atoms with E-state index in [4.69, 9.17) is 4.42 Å². The fourth-order valence-electron chi connectivity index (χ4n) is 2.99. The van der Waals surface area contributed by atoms with Gasteiger partial charge in [-0.2, -0.15) is 0 Å². The predicted octanol–water partition coefficient (Wildman–Crippen LogP) is 3.25. The predicted molar refractivity (Wildman–Crippen MR) is 98.7 cm³/mol. The van der Waals surface area contributed by atoms with E-state index in [1.54, 1.807) is 23.8 Å². The molecule has 0 saturated carbocycles. The highest BCUT2D eigenvalue weighted by Gasteiger charge is 2.27. The van der Waals surface area contributed by atoms with E-state index in [0.29, 0.717) is 22.9 Å². The molecule has 0 unspecified atom stereocenters. The smallest absolute Gasteiger partial charge is 0.277 e. The summed E-state index contributed by atoms with van der Waals surface area (Å²) in [6.07, 6.45) is 5.51. The number of aromatic nitrogens is 2. The van der Waals surface area contributed by atoms with Crippen molar-refractivity contribution in [2.45, 2.75) is 32.2 Å². The number of nitrogens with one attached hydrogen (secondary N) is 2. The Bertz CT molecular complexity index is 916. The molecular weight excluding hydrogens is 372 g/mol. The van der Waals surface area contributed by atoms with Crippen molar-refractivity contribution < 1.29 is 14.0 Å². The zero-order chi connectivity index (χ0) is 17.9. The Morgan fingerprint density at radius 2 is 2.12 bits per heavy atom. The lowest BCUT2D eigenvalue weighted by Gasteiger charge is -2.13. The van der Waals surface area contributed by atoms with Crippen LogP contribution in [0.4, 0.5) is 5.00 Å². The summed E-state index contributed by atoms with van der Waals surface area (Å²) < 4.78 is 8.97. The minimum atomic E-state index is -0.350. The molecule has 0 atom stereocenters. The first-order chi connectivity index (χ1) is 12.7. The molecule has 3 aromatic rings. The van der Waals surface area contributed by atoms with E-state index < -0.39 is 0 Å². The van der Waals surface area contributed by atoms with Crippen LogP contribution in [0.15, 0.2) is 28.2 Å². The lowest BCUT2D eigenvalue weighted by Crippen LogP contribution is -2.25. The van der Waals surface area contributed by atoms with Crippen molar-refractivity contribution in [1.29, 1.82) is 0 Å². The molecule has 2 N–H and O–H groups in total. The van der Waals surface area contributed by atoms with Crippen LogP contribution >= 0.6 is 22.9 Å². The van der Waals surface area contributed by atoms with Gasteiger partial charge in [0.1, 0.15) is 10.8 Å². The number of thiophene rings is 1. The Hall–Kier alpha value is -2.52. The third kappa shape index (κ3) is 3.40. The van der Waals surface area contributed by atoms with Crippen molar-refractivity contribution in [3.63, 3.8) is 0 Å². The largest absolute Gasteiger partial charge is 0.467 e. The number of carbonyl (C=O) groups excluding carboxylic acids is 2. The fraction of sp³-hybridized carbons (Fsp3) is 0.294. The number of furan rings is 1. The average molecular weight is 388 g/mol. The summed E-state index contributed by atoms with van der Waals surface area (Å²) in [6.45, 7) is 0.305. The normalized spacial score (nSPS) is 13.2. The van der Waals surface area contributed by atoms with E-state index in [9.17, 15) is 9.59 Å². The lowest BCUT2D eigenvalue weighted by molar-refractivity contribution is 0.0948. The standard InChI is InChI=1S/C17H16N4O3S2/c22-15(12-9-25-21-20-12)19-17-14(11-5-1-2-6-13(11)26-17)16(23)18-8-10-4-3-7-24-10/h3-4,7,9H,1-2,5-6,8H2,(H,18,23)(H,19,22). The van der Waals surface area contributed by atoms with Gasteiger partial charge in [0.25, 0.3) is 11.8 Å². The molecule has 0 aromatic carbocycles. The number of anilines is 1. The van der Waals surface area contributed by atoms with Gasteiger partial charge in [0.2, 0.25) is 0 Å². The first-order valence-electron chi connectivity index (χ1n) is 8.26. The van der Waals surface area contributed by atoms with E-state index in [1.807, 2.05) is 0 Å². The Morgan fingerprint density at radius 1 is 1.23 bits per heavy atom. The van der Waals surface area contributed by atoms with Crippen molar-refractivity contribution in [1.82, 2.24) is 14.9 Å². The van der Waals surface area contributed by atoms with E-state index in [2.05, 4.69) is 20.2 Å². The molecule has 2 amide bonds. The van der Waals surface area contributed by atoms with Crippen molar-refractivity contribution in [3.05, 3.63) is 51.2 Å². The van der Waals surface area contributed by atoms with Crippen LogP contribution in [0.1, 0.15) is 49.9 Å². The molecule has 0 aliphatic heterocycles. The summed E-state index contributed by atoms with van der Waals surface area (Å²) in [5.74, 6) is 0.131. The van der Waals surface area contributed by atoms with Crippen molar-refractivity contribution in [3.8, 4) is 0 Å². The van der Waals surface area contributed by atoms with Crippen molar-refractivity contribution >= 4 is 39.7 Å². The summed E-state index contributed by atoms with van der Waals surface area (Å²) in [5, 5.41) is 11.7. The van der Waals surface area contributed by atoms with Gasteiger partial charge in [0.05, 0.1) is 18.4 Å². The maximum absolute atomic E-state index is 12.8. The summed E-state index contributed by atoms with van der Waals surface area (Å²) >= 11 is 2.59. The molecule has 0 saturated heterocycles. The minimum absolute atomic E-state index is 0.201. The van der Waals surface area contributed by atoms with E-state index >= 15 is 0 Å².